The SMILES string of the molecule is C/C(=N/N=C1\NC(=O)CC(C(=O)Nc2ccc(Cl)cc2)S1)c1ccc(Br)s1. The summed E-state index contributed by atoms with van der Waals surface area (Å²) >= 11 is 12.0. The highest BCUT2D eigenvalue weighted by Crippen LogP contribution is 2.24. The molecule has 10 heteroatoms. The van der Waals surface area contributed by atoms with Crippen LogP contribution in [0.15, 0.2) is 50.4 Å². The molecule has 0 saturated carbocycles. The van der Waals surface area contributed by atoms with Gasteiger partial charge in [0.2, 0.25) is 11.8 Å². The Morgan fingerprint density at radius 2 is 2.04 bits per heavy atom. The Hall–Kier alpha value is -1.68. The number of benzene rings is 1. The quantitative estimate of drug-likeness (QED) is 0.494. The van der Waals surface area contributed by atoms with Gasteiger partial charge in [0.15, 0.2) is 5.17 Å². The summed E-state index contributed by atoms with van der Waals surface area (Å²) in [4.78, 5) is 25.4. The lowest BCUT2D eigenvalue weighted by Gasteiger charge is -2.21. The van der Waals surface area contributed by atoms with Crippen molar-refractivity contribution in [2.75, 3.05) is 5.32 Å². The van der Waals surface area contributed by atoms with Gasteiger partial charge < -0.3 is 10.6 Å². The average molecular weight is 486 g/mol. The third-order valence-corrected chi connectivity index (χ3v) is 6.55. The van der Waals surface area contributed by atoms with Crippen molar-refractivity contribution in [1.29, 1.82) is 0 Å². The number of anilines is 1. The molecule has 1 aliphatic heterocycles. The molecular weight excluding hydrogens is 472 g/mol. The fourth-order valence-electron chi connectivity index (χ4n) is 2.17. The van der Waals surface area contributed by atoms with Crippen LogP contribution in [0, 0.1) is 0 Å². The van der Waals surface area contributed by atoms with Gasteiger partial charge in [0.1, 0.15) is 5.25 Å². The summed E-state index contributed by atoms with van der Waals surface area (Å²) in [5.74, 6) is -0.539. The number of carbonyl (C=O) groups is 2. The molecule has 0 bridgehead atoms. The van der Waals surface area contributed by atoms with Crippen LogP contribution in [0.2, 0.25) is 5.02 Å². The number of hydrogen-bond acceptors (Lipinski definition) is 6. The minimum absolute atomic E-state index is 0.0731. The number of carbonyl (C=O) groups excluding carboxylic acids is 2. The Bertz CT molecular complexity index is 927. The number of thioether (sulfide) groups is 1. The largest absolute Gasteiger partial charge is 0.325 e. The van der Waals surface area contributed by atoms with Crippen molar-refractivity contribution in [2.45, 2.75) is 18.6 Å². The summed E-state index contributed by atoms with van der Waals surface area (Å²) in [6.07, 6.45) is 0.0731. The van der Waals surface area contributed by atoms with Crippen LogP contribution in [0.1, 0.15) is 18.2 Å². The van der Waals surface area contributed by atoms with Gasteiger partial charge in [0.05, 0.1) is 14.4 Å². The van der Waals surface area contributed by atoms with E-state index < -0.39 is 5.25 Å². The third kappa shape index (κ3) is 5.65. The smallest absolute Gasteiger partial charge is 0.238 e. The molecule has 2 N–H and O–H groups in total. The predicted octanol–water partition coefficient (Wildman–Crippen LogP) is 4.50. The van der Waals surface area contributed by atoms with Gasteiger partial charge in [-0.25, -0.2) is 0 Å². The van der Waals surface area contributed by atoms with Crippen LogP contribution in [-0.4, -0.2) is 27.9 Å². The number of thiophene rings is 1. The lowest BCUT2D eigenvalue weighted by atomic mass is 10.2. The highest BCUT2D eigenvalue weighted by atomic mass is 79.9. The number of nitrogens with zero attached hydrogens (tertiary/aromatic N) is 2. The Morgan fingerprint density at radius 3 is 2.70 bits per heavy atom. The van der Waals surface area contributed by atoms with Crippen molar-refractivity contribution >= 4 is 79.0 Å². The molecular formula is C17H14BrClN4O2S2. The molecule has 1 saturated heterocycles. The summed E-state index contributed by atoms with van der Waals surface area (Å²) in [5.41, 5.74) is 1.34. The number of rotatable bonds is 4. The molecule has 0 aliphatic carbocycles. The number of halogens is 2. The fourth-order valence-corrected chi connectivity index (χ4v) is 4.56. The summed E-state index contributed by atoms with van der Waals surface area (Å²) < 4.78 is 0.999. The number of nitrogens with one attached hydrogen (secondary N) is 2. The first kappa shape index (κ1) is 20.1. The summed E-state index contributed by atoms with van der Waals surface area (Å²) in [7, 11) is 0. The monoisotopic (exact) mass is 484 g/mol. The van der Waals surface area contributed by atoms with Crippen LogP contribution < -0.4 is 10.6 Å². The highest BCUT2D eigenvalue weighted by Gasteiger charge is 2.30. The average Bonchev–Trinajstić information content (AvgIpc) is 3.07. The Balaban J connectivity index is 1.68. The minimum Gasteiger partial charge on any atom is -0.325 e. The molecule has 1 atom stereocenters. The Kier molecular flexibility index (Phi) is 6.69. The van der Waals surface area contributed by atoms with Crippen LogP contribution in [0.4, 0.5) is 5.69 Å². The fraction of sp³-hybridized carbons (Fsp3) is 0.176. The molecule has 1 aliphatic rings. The minimum atomic E-state index is -0.584. The van der Waals surface area contributed by atoms with Crippen LogP contribution in [0.25, 0.3) is 0 Å². The van der Waals surface area contributed by atoms with Crippen molar-refractivity contribution in [3.63, 3.8) is 0 Å². The van der Waals surface area contributed by atoms with Crippen molar-refractivity contribution in [1.82, 2.24) is 5.32 Å². The van der Waals surface area contributed by atoms with Gasteiger partial charge in [-0.1, -0.05) is 23.4 Å². The van der Waals surface area contributed by atoms with Crippen LogP contribution in [-0.2, 0) is 9.59 Å². The zero-order valence-electron chi connectivity index (χ0n) is 14.0. The molecule has 1 aromatic carbocycles. The van der Waals surface area contributed by atoms with Gasteiger partial charge >= 0.3 is 0 Å². The van der Waals surface area contributed by atoms with E-state index in [1.165, 1.54) is 23.1 Å². The highest BCUT2D eigenvalue weighted by molar-refractivity contribution is 9.11. The van der Waals surface area contributed by atoms with Crippen LogP contribution in [0.3, 0.4) is 0 Å². The van der Waals surface area contributed by atoms with Gasteiger partial charge in [0.25, 0.3) is 0 Å². The van der Waals surface area contributed by atoms with E-state index in [2.05, 4.69) is 36.8 Å². The summed E-state index contributed by atoms with van der Waals surface area (Å²) in [5, 5.41) is 14.0. The lowest BCUT2D eigenvalue weighted by molar-refractivity contribution is -0.123. The second-order valence-electron chi connectivity index (χ2n) is 5.55. The molecule has 27 heavy (non-hydrogen) atoms. The molecule has 1 unspecified atom stereocenters. The first-order valence-corrected chi connectivity index (χ1v) is 10.7. The molecule has 2 aromatic rings. The maximum Gasteiger partial charge on any atom is 0.238 e. The lowest BCUT2D eigenvalue weighted by Crippen LogP contribution is -2.41. The van der Waals surface area contributed by atoms with E-state index in [1.807, 2.05) is 19.1 Å². The molecule has 1 fully saturated rings. The molecule has 140 valence electrons. The number of amides is 2. The standard InChI is InChI=1S/C17H14BrClN4O2S2/c1-9(12-6-7-14(18)26-12)22-23-17-21-15(24)8-13(27-17)16(25)20-11-4-2-10(19)3-5-11/h2-7,13H,8H2,1H3,(H,20,25)(H,21,23,24)/b22-9-. The maximum atomic E-state index is 12.5. The third-order valence-electron chi connectivity index (χ3n) is 3.50. The predicted molar refractivity (Wildman–Crippen MR) is 116 cm³/mol. The van der Waals surface area contributed by atoms with Crippen LogP contribution in [0.5, 0.6) is 0 Å². The molecule has 1 aromatic heterocycles. The summed E-state index contributed by atoms with van der Waals surface area (Å²) in [6.45, 7) is 1.84. The van der Waals surface area contributed by atoms with E-state index in [-0.39, 0.29) is 18.2 Å². The molecule has 3 rings (SSSR count). The van der Waals surface area contributed by atoms with Gasteiger partial charge in [0, 0.05) is 17.1 Å². The Morgan fingerprint density at radius 1 is 1.30 bits per heavy atom. The van der Waals surface area contributed by atoms with E-state index in [0.717, 1.165) is 14.4 Å². The normalized spacial score (nSPS) is 19.1. The molecule has 6 nitrogen and oxygen atoms in total. The van der Waals surface area contributed by atoms with Gasteiger partial charge in [-0.3, -0.25) is 9.59 Å². The van der Waals surface area contributed by atoms with Gasteiger partial charge in [-0.15, -0.1) is 16.4 Å². The zero-order valence-corrected chi connectivity index (χ0v) is 18.0. The first-order valence-electron chi connectivity index (χ1n) is 7.81. The maximum absolute atomic E-state index is 12.5. The summed E-state index contributed by atoms with van der Waals surface area (Å²) in [6, 6.07) is 10.6. The topological polar surface area (TPSA) is 82.9 Å². The van der Waals surface area contributed by atoms with Crippen molar-refractivity contribution < 1.29 is 9.59 Å². The van der Waals surface area contributed by atoms with Crippen molar-refractivity contribution in [3.05, 3.63) is 50.1 Å². The number of hydrogen-bond donors (Lipinski definition) is 2. The van der Waals surface area contributed by atoms with Crippen molar-refractivity contribution in [3.8, 4) is 0 Å². The van der Waals surface area contributed by atoms with E-state index in [0.29, 0.717) is 15.9 Å². The zero-order chi connectivity index (χ0) is 19.4. The second kappa shape index (κ2) is 9.01. The van der Waals surface area contributed by atoms with Crippen LogP contribution >= 0.6 is 50.6 Å². The Labute approximate surface area is 177 Å². The number of amidine groups is 1. The van der Waals surface area contributed by atoms with Gasteiger partial charge in [-0.2, -0.15) is 5.10 Å². The molecule has 2 heterocycles. The second-order valence-corrected chi connectivity index (χ2v) is 9.64. The first-order chi connectivity index (χ1) is 12.9. The van der Waals surface area contributed by atoms with E-state index in [4.69, 9.17) is 11.6 Å². The molecule has 0 spiro atoms. The van der Waals surface area contributed by atoms with E-state index >= 15 is 0 Å². The van der Waals surface area contributed by atoms with Crippen molar-refractivity contribution in [2.24, 2.45) is 10.2 Å². The van der Waals surface area contributed by atoms with Gasteiger partial charge in [-0.05, 0) is 59.3 Å². The van der Waals surface area contributed by atoms with E-state index in [9.17, 15) is 9.59 Å². The molecule has 2 amide bonds. The van der Waals surface area contributed by atoms with E-state index in [1.54, 1.807) is 24.3 Å². The molecule has 0 radical (unpaired) electrons.